The van der Waals surface area contributed by atoms with Crippen LogP contribution in [0.3, 0.4) is 0 Å². The Morgan fingerprint density at radius 1 is 0.871 bits per heavy atom. The van der Waals surface area contributed by atoms with Crippen molar-refractivity contribution in [1.82, 2.24) is 0 Å². The standard InChI is InChI=1S/C22H16Cl3NO3S2/c23-16-11-13-18(14-12-16)31(27,28)26-21-22(24,25)19(15-7-3-1-4-8-15)20(29-21)30-17-9-5-2-6-10-17/h1-14,19-20H/b26-21-/t19-,20-/m1/s1. The highest BCUT2D eigenvalue weighted by molar-refractivity contribution is 7.99. The molecule has 0 aromatic heterocycles. The number of ether oxygens (including phenoxy) is 1. The minimum absolute atomic E-state index is 0.0347. The van der Waals surface area contributed by atoms with Crippen molar-refractivity contribution < 1.29 is 13.2 Å². The third-order valence-electron chi connectivity index (χ3n) is 4.64. The Kier molecular flexibility index (Phi) is 6.56. The van der Waals surface area contributed by atoms with E-state index in [0.29, 0.717) is 5.02 Å². The van der Waals surface area contributed by atoms with Gasteiger partial charge in [0.05, 0.1) is 10.8 Å². The number of halogens is 3. The fraction of sp³-hybridized carbons (Fsp3) is 0.136. The summed E-state index contributed by atoms with van der Waals surface area (Å²) in [5, 5.41) is 0.413. The molecular weight excluding hydrogens is 497 g/mol. The molecule has 31 heavy (non-hydrogen) atoms. The van der Waals surface area contributed by atoms with E-state index in [4.69, 9.17) is 39.5 Å². The molecule has 1 aliphatic rings. The fourth-order valence-corrected chi connectivity index (χ4v) is 6.40. The number of benzene rings is 3. The van der Waals surface area contributed by atoms with E-state index in [1.165, 1.54) is 36.0 Å². The zero-order chi connectivity index (χ0) is 22.1. The van der Waals surface area contributed by atoms with Crippen LogP contribution in [0.5, 0.6) is 0 Å². The van der Waals surface area contributed by atoms with Gasteiger partial charge >= 0.3 is 0 Å². The normalized spacial score (nSPS) is 21.7. The van der Waals surface area contributed by atoms with Gasteiger partial charge in [-0.15, -0.1) is 4.40 Å². The number of nitrogens with zero attached hydrogens (tertiary/aromatic N) is 1. The summed E-state index contributed by atoms with van der Waals surface area (Å²) >= 11 is 20.7. The third-order valence-corrected chi connectivity index (χ3v) is 8.11. The number of hydrogen-bond donors (Lipinski definition) is 0. The predicted octanol–water partition coefficient (Wildman–Crippen LogP) is 6.53. The quantitative estimate of drug-likeness (QED) is 0.365. The van der Waals surface area contributed by atoms with E-state index in [2.05, 4.69) is 4.40 Å². The van der Waals surface area contributed by atoms with Crippen LogP contribution in [0.1, 0.15) is 11.5 Å². The fourth-order valence-electron chi connectivity index (χ4n) is 3.16. The molecule has 0 saturated carbocycles. The van der Waals surface area contributed by atoms with Gasteiger partial charge in [0, 0.05) is 9.92 Å². The first-order chi connectivity index (χ1) is 14.8. The molecular formula is C22H16Cl3NO3S2. The lowest BCUT2D eigenvalue weighted by atomic mass is 9.97. The molecule has 0 amide bonds. The molecule has 0 unspecified atom stereocenters. The highest BCUT2D eigenvalue weighted by Crippen LogP contribution is 2.53. The average molecular weight is 513 g/mol. The Morgan fingerprint density at radius 2 is 1.45 bits per heavy atom. The molecule has 9 heteroatoms. The summed E-state index contributed by atoms with van der Waals surface area (Å²) in [7, 11) is -4.11. The lowest BCUT2D eigenvalue weighted by molar-refractivity contribution is 0.293. The molecule has 1 aliphatic heterocycles. The second-order valence-electron chi connectivity index (χ2n) is 6.75. The van der Waals surface area contributed by atoms with Crippen molar-refractivity contribution in [2.24, 2.45) is 4.40 Å². The van der Waals surface area contributed by atoms with Crippen molar-refractivity contribution in [3.8, 4) is 0 Å². The zero-order valence-corrected chi connectivity index (χ0v) is 19.8. The molecule has 0 aliphatic carbocycles. The zero-order valence-electron chi connectivity index (χ0n) is 15.9. The van der Waals surface area contributed by atoms with Crippen LogP contribution in [0.25, 0.3) is 0 Å². The molecule has 0 spiro atoms. The Bertz CT molecular complexity index is 1190. The van der Waals surface area contributed by atoms with Crippen molar-refractivity contribution >= 4 is 62.5 Å². The first kappa shape index (κ1) is 22.5. The second-order valence-corrected chi connectivity index (χ2v) is 11.4. The lowest BCUT2D eigenvalue weighted by Gasteiger charge is -2.23. The van der Waals surface area contributed by atoms with E-state index in [1.54, 1.807) is 0 Å². The smallest absolute Gasteiger partial charge is 0.285 e. The molecule has 0 N–H and O–H groups in total. The monoisotopic (exact) mass is 511 g/mol. The Labute approximate surface area is 200 Å². The number of rotatable bonds is 5. The van der Waals surface area contributed by atoms with Crippen LogP contribution < -0.4 is 0 Å². The van der Waals surface area contributed by atoms with Crippen LogP contribution in [-0.2, 0) is 14.8 Å². The minimum atomic E-state index is -4.11. The Balaban J connectivity index is 1.75. The van der Waals surface area contributed by atoms with Gasteiger partial charge in [0.25, 0.3) is 10.0 Å². The van der Waals surface area contributed by atoms with Gasteiger partial charge in [-0.05, 0) is 42.0 Å². The van der Waals surface area contributed by atoms with Crippen molar-refractivity contribution in [2.45, 2.75) is 25.5 Å². The maximum atomic E-state index is 12.9. The molecule has 160 valence electrons. The topological polar surface area (TPSA) is 55.7 Å². The summed E-state index contributed by atoms with van der Waals surface area (Å²) in [6.45, 7) is 0. The van der Waals surface area contributed by atoms with Crippen LogP contribution in [0.4, 0.5) is 0 Å². The first-order valence-electron chi connectivity index (χ1n) is 9.19. The largest absolute Gasteiger partial charge is 0.463 e. The van der Waals surface area contributed by atoms with Crippen molar-refractivity contribution in [3.05, 3.63) is 95.5 Å². The predicted molar refractivity (Wildman–Crippen MR) is 127 cm³/mol. The minimum Gasteiger partial charge on any atom is -0.463 e. The van der Waals surface area contributed by atoms with Crippen LogP contribution >= 0.6 is 46.6 Å². The summed E-state index contributed by atoms with van der Waals surface area (Å²) < 4.78 is 33.9. The molecule has 2 atom stereocenters. The van der Waals surface area contributed by atoms with E-state index in [9.17, 15) is 8.42 Å². The second kappa shape index (κ2) is 9.04. The summed E-state index contributed by atoms with van der Waals surface area (Å²) in [5.41, 5.74) is 0.231. The molecule has 1 heterocycles. The first-order valence-corrected chi connectivity index (χ1v) is 12.6. The van der Waals surface area contributed by atoms with Crippen LogP contribution in [0.15, 0.2) is 99.1 Å². The van der Waals surface area contributed by atoms with Crippen LogP contribution in [-0.4, -0.2) is 24.1 Å². The van der Waals surface area contributed by atoms with Gasteiger partial charge in [-0.1, -0.05) is 95.1 Å². The number of alkyl halides is 2. The molecule has 3 aromatic carbocycles. The SMILES string of the molecule is O=S(=O)(/N=C1\O[C@H](Sc2ccccc2)[C@@H](c2ccccc2)C1(Cl)Cl)c1ccc(Cl)cc1. The highest BCUT2D eigenvalue weighted by Gasteiger charge is 2.55. The summed E-state index contributed by atoms with van der Waals surface area (Å²) in [5.74, 6) is -0.811. The van der Waals surface area contributed by atoms with Gasteiger partial charge in [0.1, 0.15) is 0 Å². The van der Waals surface area contributed by atoms with Crippen molar-refractivity contribution in [2.75, 3.05) is 0 Å². The maximum Gasteiger partial charge on any atom is 0.285 e. The number of sulfonamides is 1. The highest BCUT2D eigenvalue weighted by atomic mass is 35.5. The van der Waals surface area contributed by atoms with Crippen LogP contribution in [0.2, 0.25) is 5.02 Å². The van der Waals surface area contributed by atoms with Crippen LogP contribution in [0, 0.1) is 0 Å². The summed E-state index contributed by atoms with van der Waals surface area (Å²) in [4.78, 5) is 0.895. The molecule has 1 fully saturated rings. The van der Waals surface area contributed by atoms with Gasteiger partial charge < -0.3 is 4.74 Å². The van der Waals surface area contributed by atoms with Gasteiger partial charge in [0.2, 0.25) is 10.2 Å². The summed E-state index contributed by atoms with van der Waals surface area (Å²) in [6.07, 6.45) is 0. The molecule has 0 bridgehead atoms. The summed E-state index contributed by atoms with van der Waals surface area (Å²) in [6, 6.07) is 24.6. The molecule has 0 radical (unpaired) electrons. The van der Waals surface area contributed by atoms with Gasteiger partial charge in [-0.2, -0.15) is 8.42 Å². The maximum absolute atomic E-state index is 12.9. The number of thioether (sulfide) groups is 1. The molecule has 1 saturated heterocycles. The average Bonchev–Trinajstić information content (AvgIpc) is 2.98. The van der Waals surface area contributed by atoms with E-state index < -0.39 is 25.7 Å². The van der Waals surface area contributed by atoms with E-state index in [1.807, 2.05) is 60.7 Å². The molecule has 4 rings (SSSR count). The molecule has 4 nitrogen and oxygen atoms in total. The number of hydrogen-bond acceptors (Lipinski definition) is 4. The molecule has 3 aromatic rings. The van der Waals surface area contributed by atoms with E-state index in [0.717, 1.165) is 10.5 Å². The van der Waals surface area contributed by atoms with E-state index in [-0.39, 0.29) is 10.8 Å². The van der Waals surface area contributed by atoms with Crippen molar-refractivity contribution in [1.29, 1.82) is 0 Å². The Hall–Kier alpha value is -1.70. The van der Waals surface area contributed by atoms with E-state index >= 15 is 0 Å². The Morgan fingerprint density at radius 3 is 2.06 bits per heavy atom. The van der Waals surface area contributed by atoms with Crippen molar-refractivity contribution in [3.63, 3.8) is 0 Å². The van der Waals surface area contributed by atoms with Gasteiger partial charge in [-0.3, -0.25) is 0 Å². The van der Waals surface area contributed by atoms with Gasteiger partial charge in [0.15, 0.2) is 5.44 Å². The lowest BCUT2D eigenvalue weighted by Crippen LogP contribution is -2.28. The van der Waals surface area contributed by atoms with Gasteiger partial charge in [-0.25, -0.2) is 0 Å². The third kappa shape index (κ3) is 4.89.